The van der Waals surface area contributed by atoms with E-state index >= 15 is 0 Å². The molecular formula is C19H17FN4O2. The molecule has 6 nitrogen and oxygen atoms in total. The van der Waals surface area contributed by atoms with E-state index in [1.165, 1.54) is 13.2 Å². The average molecular weight is 352 g/mol. The Labute approximate surface area is 150 Å². The zero-order valence-corrected chi connectivity index (χ0v) is 14.1. The molecule has 0 aliphatic carbocycles. The van der Waals surface area contributed by atoms with E-state index in [2.05, 4.69) is 20.6 Å². The molecule has 0 spiro atoms. The van der Waals surface area contributed by atoms with E-state index < -0.39 is 5.97 Å². The van der Waals surface area contributed by atoms with Crippen LogP contribution in [-0.2, 0) is 11.3 Å². The fourth-order valence-corrected chi connectivity index (χ4v) is 2.32. The number of benzene rings is 2. The molecule has 0 saturated carbocycles. The SMILES string of the molecule is COC(=O)c1cccc(Nc2ccnc(NCc3ccccc3F)n2)c1. The number of nitrogens with zero attached hydrogens (tertiary/aromatic N) is 2. The molecule has 0 radical (unpaired) electrons. The molecule has 0 bridgehead atoms. The van der Waals surface area contributed by atoms with Crippen molar-refractivity contribution in [1.82, 2.24) is 9.97 Å². The summed E-state index contributed by atoms with van der Waals surface area (Å²) in [5.41, 5.74) is 1.65. The Morgan fingerprint density at radius 1 is 1.15 bits per heavy atom. The van der Waals surface area contributed by atoms with E-state index in [0.29, 0.717) is 28.6 Å². The summed E-state index contributed by atoms with van der Waals surface area (Å²) in [6, 6.07) is 15.1. The van der Waals surface area contributed by atoms with Gasteiger partial charge in [0.1, 0.15) is 11.6 Å². The van der Waals surface area contributed by atoms with E-state index in [1.54, 1.807) is 54.7 Å². The summed E-state index contributed by atoms with van der Waals surface area (Å²) in [6.07, 6.45) is 1.59. The Morgan fingerprint density at radius 3 is 2.81 bits per heavy atom. The minimum atomic E-state index is -0.413. The standard InChI is InChI=1S/C19H17FN4O2/c1-26-18(25)13-6-4-7-15(11-13)23-17-9-10-21-19(24-17)22-12-14-5-2-3-8-16(14)20/h2-11H,12H2,1H3,(H2,21,22,23,24). The van der Waals surface area contributed by atoms with Gasteiger partial charge in [-0.05, 0) is 30.3 Å². The third-order valence-electron chi connectivity index (χ3n) is 3.61. The highest BCUT2D eigenvalue weighted by molar-refractivity contribution is 5.90. The second-order valence-corrected chi connectivity index (χ2v) is 5.41. The van der Waals surface area contributed by atoms with Gasteiger partial charge in [-0.2, -0.15) is 4.98 Å². The lowest BCUT2D eigenvalue weighted by Crippen LogP contribution is -2.06. The fraction of sp³-hybridized carbons (Fsp3) is 0.105. The summed E-state index contributed by atoms with van der Waals surface area (Å²) in [4.78, 5) is 20.1. The van der Waals surface area contributed by atoms with Crippen molar-refractivity contribution in [3.63, 3.8) is 0 Å². The molecule has 0 aliphatic rings. The van der Waals surface area contributed by atoms with Gasteiger partial charge >= 0.3 is 5.97 Å². The van der Waals surface area contributed by atoms with Crippen LogP contribution in [-0.4, -0.2) is 23.0 Å². The number of aromatic nitrogens is 2. The molecule has 132 valence electrons. The number of esters is 1. The first kappa shape index (κ1) is 17.3. The monoisotopic (exact) mass is 352 g/mol. The molecule has 0 saturated heterocycles. The van der Waals surface area contributed by atoms with Gasteiger partial charge in [-0.15, -0.1) is 0 Å². The first-order chi connectivity index (χ1) is 12.7. The maximum absolute atomic E-state index is 13.7. The number of halogens is 1. The van der Waals surface area contributed by atoms with Crippen molar-refractivity contribution in [2.24, 2.45) is 0 Å². The van der Waals surface area contributed by atoms with Gasteiger partial charge in [0.2, 0.25) is 5.95 Å². The smallest absolute Gasteiger partial charge is 0.337 e. The van der Waals surface area contributed by atoms with Gasteiger partial charge in [0.15, 0.2) is 0 Å². The Kier molecular flexibility index (Phi) is 5.38. The highest BCUT2D eigenvalue weighted by atomic mass is 19.1. The fourth-order valence-electron chi connectivity index (χ4n) is 2.32. The average Bonchev–Trinajstić information content (AvgIpc) is 2.67. The number of ether oxygens (including phenoxy) is 1. The number of carbonyl (C=O) groups excluding carboxylic acids is 1. The highest BCUT2D eigenvalue weighted by Crippen LogP contribution is 2.17. The topological polar surface area (TPSA) is 76.1 Å². The second-order valence-electron chi connectivity index (χ2n) is 5.41. The third kappa shape index (κ3) is 4.32. The lowest BCUT2D eigenvalue weighted by Gasteiger charge is -2.09. The summed E-state index contributed by atoms with van der Waals surface area (Å²) in [7, 11) is 1.33. The zero-order valence-electron chi connectivity index (χ0n) is 14.1. The molecule has 0 atom stereocenters. The Morgan fingerprint density at radius 2 is 2.00 bits per heavy atom. The quantitative estimate of drug-likeness (QED) is 0.658. The van der Waals surface area contributed by atoms with Crippen molar-refractivity contribution in [2.75, 3.05) is 17.7 Å². The second kappa shape index (κ2) is 8.06. The van der Waals surface area contributed by atoms with Crippen molar-refractivity contribution in [3.8, 4) is 0 Å². The van der Waals surface area contributed by atoms with Crippen LogP contribution in [0, 0.1) is 5.82 Å². The van der Waals surface area contributed by atoms with Crippen LogP contribution in [0.5, 0.6) is 0 Å². The zero-order chi connectivity index (χ0) is 18.4. The molecule has 3 rings (SSSR count). The van der Waals surface area contributed by atoms with E-state index in [0.717, 1.165) is 0 Å². The van der Waals surface area contributed by atoms with Crippen LogP contribution in [0.15, 0.2) is 60.8 Å². The summed E-state index contributed by atoms with van der Waals surface area (Å²) < 4.78 is 18.4. The van der Waals surface area contributed by atoms with Crippen molar-refractivity contribution in [3.05, 3.63) is 77.7 Å². The Hall–Kier alpha value is -3.48. The molecule has 0 aliphatic heterocycles. The summed E-state index contributed by atoms with van der Waals surface area (Å²) >= 11 is 0. The van der Waals surface area contributed by atoms with Gasteiger partial charge < -0.3 is 15.4 Å². The number of hydrogen-bond donors (Lipinski definition) is 2. The molecule has 3 aromatic rings. The van der Waals surface area contributed by atoms with Crippen LogP contribution in [0.4, 0.5) is 21.8 Å². The van der Waals surface area contributed by atoms with Gasteiger partial charge in [-0.25, -0.2) is 14.2 Å². The van der Waals surface area contributed by atoms with Crippen molar-refractivity contribution >= 4 is 23.4 Å². The number of rotatable bonds is 6. The predicted molar refractivity (Wildman–Crippen MR) is 96.8 cm³/mol. The van der Waals surface area contributed by atoms with Gasteiger partial charge in [0, 0.05) is 24.0 Å². The van der Waals surface area contributed by atoms with Crippen LogP contribution in [0.1, 0.15) is 15.9 Å². The van der Waals surface area contributed by atoms with Crippen molar-refractivity contribution < 1.29 is 13.9 Å². The number of methoxy groups -OCH3 is 1. The number of anilines is 3. The lowest BCUT2D eigenvalue weighted by molar-refractivity contribution is 0.0601. The molecular weight excluding hydrogens is 335 g/mol. The first-order valence-electron chi connectivity index (χ1n) is 7.91. The minimum absolute atomic E-state index is 0.272. The maximum atomic E-state index is 13.7. The largest absolute Gasteiger partial charge is 0.465 e. The van der Waals surface area contributed by atoms with E-state index in [1.807, 2.05) is 0 Å². The van der Waals surface area contributed by atoms with Crippen LogP contribution in [0.25, 0.3) is 0 Å². The normalized spacial score (nSPS) is 10.2. The maximum Gasteiger partial charge on any atom is 0.337 e. The molecule has 1 heterocycles. The molecule has 2 N–H and O–H groups in total. The third-order valence-corrected chi connectivity index (χ3v) is 3.61. The van der Waals surface area contributed by atoms with Crippen molar-refractivity contribution in [2.45, 2.75) is 6.54 Å². The minimum Gasteiger partial charge on any atom is -0.465 e. The van der Waals surface area contributed by atoms with Crippen LogP contribution >= 0.6 is 0 Å². The highest BCUT2D eigenvalue weighted by Gasteiger charge is 2.07. The van der Waals surface area contributed by atoms with Crippen LogP contribution < -0.4 is 10.6 Å². The summed E-state index contributed by atoms with van der Waals surface area (Å²) in [5.74, 6) is 0.206. The summed E-state index contributed by atoms with van der Waals surface area (Å²) in [5, 5.41) is 6.09. The van der Waals surface area contributed by atoms with E-state index in [-0.39, 0.29) is 12.4 Å². The molecule has 2 aromatic carbocycles. The van der Waals surface area contributed by atoms with Gasteiger partial charge in [0.05, 0.1) is 12.7 Å². The molecule has 0 unspecified atom stereocenters. The van der Waals surface area contributed by atoms with E-state index in [9.17, 15) is 9.18 Å². The van der Waals surface area contributed by atoms with Gasteiger partial charge in [-0.3, -0.25) is 0 Å². The molecule has 1 aromatic heterocycles. The Bertz CT molecular complexity index is 917. The van der Waals surface area contributed by atoms with Gasteiger partial charge in [-0.1, -0.05) is 24.3 Å². The first-order valence-corrected chi connectivity index (χ1v) is 7.91. The van der Waals surface area contributed by atoms with Crippen LogP contribution in [0.2, 0.25) is 0 Å². The molecule has 0 fully saturated rings. The molecule has 0 amide bonds. The molecule has 26 heavy (non-hydrogen) atoms. The molecule has 7 heteroatoms. The van der Waals surface area contributed by atoms with Gasteiger partial charge in [0.25, 0.3) is 0 Å². The summed E-state index contributed by atoms with van der Waals surface area (Å²) in [6.45, 7) is 0.272. The number of hydrogen-bond acceptors (Lipinski definition) is 6. The Balaban J connectivity index is 1.70. The number of nitrogens with one attached hydrogen (secondary N) is 2. The van der Waals surface area contributed by atoms with Crippen molar-refractivity contribution in [1.29, 1.82) is 0 Å². The lowest BCUT2D eigenvalue weighted by atomic mass is 10.2. The number of carbonyl (C=O) groups is 1. The predicted octanol–water partition coefficient (Wildman–Crippen LogP) is 3.76. The van der Waals surface area contributed by atoms with Crippen LogP contribution in [0.3, 0.4) is 0 Å². The van der Waals surface area contributed by atoms with E-state index in [4.69, 9.17) is 4.74 Å².